The van der Waals surface area contributed by atoms with Gasteiger partial charge in [-0.25, -0.2) is 0 Å². The molecule has 1 aromatic heterocycles. The van der Waals surface area contributed by atoms with Gasteiger partial charge in [0.25, 0.3) is 0 Å². The van der Waals surface area contributed by atoms with Gasteiger partial charge in [0.2, 0.25) is 5.95 Å². The minimum absolute atomic E-state index is 0.306. The average Bonchev–Trinajstić information content (AvgIpc) is 2.39. The van der Waals surface area contributed by atoms with Crippen LogP contribution in [-0.4, -0.2) is 23.1 Å². The summed E-state index contributed by atoms with van der Waals surface area (Å²) in [7, 11) is 1.83. The Kier molecular flexibility index (Phi) is 4.23. The van der Waals surface area contributed by atoms with Crippen molar-refractivity contribution < 1.29 is 0 Å². The van der Waals surface area contributed by atoms with Crippen molar-refractivity contribution in [3.8, 4) is 0 Å². The van der Waals surface area contributed by atoms with Crippen molar-refractivity contribution in [1.82, 2.24) is 9.97 Å². The molecule has 0 aliphatic heterocycles. The number of hydrogen-bond donors (Lipinski definition) is 3. The predicted molar refractivity (Wildman–Crippen MR) is 75.7 cm³/mol. The Morgan fingerprint density at radius 2 is 1.89 bits per heavy atom. The number of nitrogens with one attached hydrogen (secondary N) is 2. The smallest absolute Gasteiger partial charge is 0.223 e. The molecule has 1 aromatic rings. The molecule has 0 spiro atoms. The van der Waals surface area contributed by atoms with Crippen molar-refractivity contribution in [2.75, 3.05) is 23.4 Å². The molecular weight excluding hydrogens is 226 g/mol. The van der Waals surface area contributed by atoms with Gasteiger partial charge in [-0.2, -0.15) is 9.97 Å². The Labute approximate surface area is 109 Å². The van der Waals surface area contributed by atoms with Gasteiger partial charge in [0.15, 0.2) is 0 Å². The van der Waals surface area contributed by atoms with Crippen LogP contribution in [0.2, 0.25) is 0 Å². The maximum Gasteiger partial charge on any atom is 0.223 e. The molecule has 0 radical (unpaired) electrons. The molecule has 18 heavy (non-hydrogen) atoms. The molecule has 100 valence electrons. The van der Waals surface area contributed by atoms with E-state index in [1.165, 1.54) is 32.1 Å². The molecule has 1 unspecified atom stereocenters. The largest absolute Gasteiger partial charge is 0.373 e. The van der Waals surface area contributed by atoms with Gasteiger partial charge in [0.05, 0.1) is 0 Å². The third kappa shape index (κ3) is 3.24. The van der Waals surface area contributed by atoms with Crippen molar-refractivity contribution in [3.63, 3.8) is 0 Å². The Morgan fingerprint density at radius 3 is 2.56 bits per heavy atom. The summed E-state index contributed by atoms with van der Waals surface area (Å²) in [6.45, 7) is 2.23. The fraction of sp³-hybridized carbons (Fsp3) is 0.692. The highest BCUT2D eigenvalue weighted by atomic mass is 15.1. The topological polar surface area (TPSA) is 75.9 Å². The average molecular weight is 249 g/mol. The number of nitrogens with two attached hydrogens (primary N) is 1. The highest BCUT2D eigenvalue weighted by molar-refractivity contribution is 5.51. The van der Waals surface area contributed by atoms with E-state index in [0.717, 1.165) is 17.6 Å². The lowest BCUT2D eigenvalue weighted by atomic mass is 9.84. The van der Waals surface area contributed by atoms with Crippen LogP contribution in [0.4, 0.5) is 17.6 Å². The first kappa shape index (κ1) is 12.9. The van der Waals surface area contributed by atoms with Crippen LogP contribution in [0, 0.1) is 5.92 Å². The van der Waals surface area contributed by atoms with E-state index in [1.807, 2.05) is 13.1 Å². The lowest BCUT2D eigenvalue weighted by Crippen LogP contribution is -2.28. The zero-order chi connectivity index (χ0) is 13.0. The quantitative estimate of drug-likeness (QED) is 0.764. The lowest BCUT2D eigenvalue weighted by molar-refractivity contribution is 0.328. The number of aromatic nitrogens is 2. The minimum atomic E-state index is 0.306. The summed E-state index contributed by atoms with van der Waals surface area (Å²) in [5.74, 6) is 2.61. The molecule has 5 nitrogen and oxygen atoms in total. The third-order valence-electron chi connectivity index (χ3n) is 3.73. The van der Waals surface area contributed by atoms with Gasteiger partial charge in [0.1, 0.15) is 11.6 Å². The number of nitrogen functional groups attached to an aromatic ring is 1. The number of nitrogens with zero attached hydrogens (tertiary/aromatic N) is 2. The summed E-state index contributed by atoms with van der Waals surface area (Å²) in [6.07, 6.45) is 6.71. The van der Waals surface area contributed by atoms with Crippen molar-refractivity contribution in [2.24, 2.45) is 5.92 Å². The van der Waals surface area contributed by atoms with Gasteiger partial charge in [-0.15, -0.1) is 0 Å². The van der Waals surface area contributed by atoms with Crippen molar-refractivity contribution in [3.05, 3.63) is 6.07 Å². The standard InChI is InChI=1S/C13H23N5/c1-9(10-6-4-3-5-7-10)16-12-8-11(15-2)17-13(14)18-12/h8-10H,3-7H2,1-2H3,(H4,14,15,16,17,18). The van der Waals surface area contributed by atoms with Crippen LogP contribution in [0.25, 0.3) is 0 Å². The van der Waals surface area contributed by atoms with Crippen LogP contribution in [0.1, 0.15) is 39.0 Å². The van der Waals surface area contributed by atoms with Gasteiger partial charge < -0.3 is 16.4 Å². The number of anilines is 3. The van der Waals surface area contributed by atoms with E-state index in [2.05, 4.69) is 27.5 Å². The molecule has 1 atom stereocenters. The molecule has 0 saturated heterocycles. The zero-order valence-corrected chi connectivity index (χ0v) is 11.2. The van der Waals surface area contributed by atoms with Crippen molar-refractivity contribution in [1.29, 1.82) is 0 Å². The molecule has 2 rings (SSSR count). The van der Waals surface area contributed by atoms with Crippen LogP contribution in [0.3, 0.4) is 0 Å². The summed E-state index contributed by atoms with van der Waals surface area (Å²) in [6, 6.07) is 2.33. The number of rotatable bonds is 4. The van der Waals surface area contributed by atoms with E-state index in [0.29, 0.717) is 12.0 Å². The summed E-state index contributed by atoms with van der Waals surface area (Å²) in [5.41, 5.74) is 5.69. The second-order valence-corrected chi connectivity index (χ2v) is 5.08. The van der Waals surface area contributed by atoms with Crippen molar-refractivity contribution in [2.45, 2.75) is 45.1 Å². The van der Waals surface area contributed by atoms with Crippen LogP contribution in [-0.2, 0) is 0 Å². The maximum absolute atomic E-state index is 5.69. The molecule has 0 aromatic carbocycles. The second-order valence-electron chi connectivity index (χ2n) is 5.08. The molecule has 1 fully saturated rings. The molecule has 1 aliphatic carbocycles. The molecule has 0 bridgehead atoms. The van der Waals surface area contributed by atoms with Gasteiger partial charge in [0, 0.05) is 19.2 Å². The summed E-state index contributed by atoms with van der Waals surface area (Å²) in [5, 5.41) is 6.45. The summed E-state index contributed by atoms with van der Waals surface area (Å²) in [4.78, 5) is 8.32. The SMILES string of the molecule is CNc1cc(NC(C)C2CCCCC2)nc(N)n1. The van der Waals surface area contributed by atoms with Gasteiger partial charge in [-0.05, 0) is 25.7 Å². The van der Waals surface area contributed by atoms with Crippen molar-refractivity contribution >= 4 is 17.6 Å². The fourth-order valence-corrected chi connectivity index (χ4v) is 2.65. The first-order valence-electron chi connectivity index (χ1n) is 6.78. The minimum Gasteiger partial charge on any atom is -0.373 e. The molecule has 4 N–H and O–H groups in total. The zero-order valence-electron chi connectivity index (χ0n) is 11.2. The first-order chi connectivity index (χ1) is 8.69. The molecule has 1 heterocycles. The van der Waals surface area contributed by atoms with E-state index in [-0.39, 0.29) is 0 Å². The first-order valence-corrected chi connectivity index (χ1v) is 6.78. The second kappa shape index (κ2) is 5.89. The molecular formula is C13H23N5. The molecule has 1 saturated carbocycles. The van der Waals surface area contributed by atoms with Crippen LogP contribution >= 0.6 is 0 Å². The highest BCUT2D eigenvalue weighted by Crippen LogP contribution is 2.28. The molecule has 0 amide bonds. The van der Waals surface area contributed by atoms with E-state index in [4.69, 9.17) is 5.73 Å². The van der Waals surface area contributed by atoms with E-state index in [1.54, 1.807) is 0 Å². The summed E-state index contributed by atoms with van der Waals surface area (Å²) >= 11 is 0. The predicted octanol–water partition coefficient (Wildman–Crippen LogP) is 2.48. The van der Waals surface area contributed by atoms with E-state index < -0.39 is 0 Å². The van der Waals surface area contributed by atoms with E-state index in [9.17, 15) is 0 Å². The van der Waals surface area contributed by atoms with Gasteiger partial charge in [-0.1, -0.05) is 19.3 Å². The van der Waals surface area contributed by atoms with Crippen LogP contribution in [0.5, 0.6) is 0 Å². The van der Waals surface area contributed by atoms with Crippen LogP contribution in [0.15, 0.2) is 6.07 Å². The normalized spacial score (nSPS) is 18.3. The van der Waals surface area contributed by atoms with E-state index >= 15 is 0 Å². The molecule has 1 aliphatic rings. The fourth-order valence-electron chi connectivity index (χ4n) is 2.65. The monoisotopic (exact) mass is 249 g/mol. The maximum atomic E-state index is 5.69. The Morgan fingerprint density at radius 1 is 1.22 bits per heavy atom. The summed E-state index contributed by atoms with van der Waals surface area (Å²) < 4.78 is 0. The highest BCUT2D eigenvalue weighted by Gasteiger charge is 2.20. The lowest BCUT2D eigenvalue weighted by Gasteiger charge is -2.28. The van der Waals surface area contributed by atoms with Gasteiger partial charge >= 0.3 is 0 Å². The van der Waals surface area contributed by atoms with Crippen LogP contribution < -0.4 is 16.4 Å². The molecule has 5 heteroatoms. The Balaban J connectivity index is 2.01. The Bertz CT molecular complexity index is 387. The third-order valence-corrected chi connectivity index (χ3v) is 3.73. The Hall–Kier alpha value is -1.52. The number of hydrogen-bond acceptors (Lipinski definition) is 5. The van der Waals surface area contributed by atoms with Gasteiger partial charge in [-0.3, -0.25) is 0 Å².